The van der Waals surface area contributed by atoms with Gasteiger partial charge in [-0.3, -0.25) is 10.1 Å². The van der Waals surface area contributed by atoms with Crippen LogP contribution in [0.2, 0.25) is 5.02 Å². The van der Waals surface area contributed by atoms with Gasteiger partial charge in [0.25, 0.3) is 5.91 Å². The number of thiophene rings is 1. The first-order valence-electron chi connectivity index (χ1n) is 15.4. The third kappa shape index (κ3) is 6.03. The highest BCUT2D eigenvalue weighted by Crippen LogP contribution is 2.47. The first kappa shape index (κ1) is 33.5. The average Bonchev–Trinajstić information content (AvgIpc) is 3.51. The lowest BCUT2D eigenvalue weighted by atomic mass is 9.93. The SMILES string of the molecule is CC(C)(C)OC(=O)Nc1sc2c(F)ccc(-c3c(F)cc4c5c3c(Cl)cn5CCC3CN(C(=O)OC(C)(C)C)CCN3C4=O)c2c1C#N. The van der Waals surface area contributed by atoms with E-state index in [2.05, 4.69) is 5.32 Å². The minimum absolute atomic E-state index is 0.000265. The van der Waals surface area contributed by atoms with Gasteiger partial charge in [0.1, 0.15) is 33.9 Å². The number of piperazine rings is 1. The molecule has 6 rings (SSSR count). The molecule has 14 heteroatoms. The highest BCUT2D eigenvalue weighted by Gasteiger charge is 2.38. The van der Waals surface area contributed by atoms with Crippen molar-refractivity contribution in [3.8, 4) is 17.2 Å². The van der Waals surface area contributed by atoms with Crippen LogP contribution in [0.3, 0.4) is 0 Å². The number of anilines is 1. The molecule has 1 N–H and O–H groups in total. The number of rotatable bonds is 2. The van der Waals surface area contributed by atoms with Crippen LogP contribution in [0.4, 0.5) is 23.4 Å². The van der Waals surface area contributed by atoms with E-state index in [9.17, 15) is 19.6 Å². The van der Waals surface area contributed by atoms with Crippen molar-refractivity contribution in [3.63, 3.8) is 0 Å². The van der Waals surface area contributed by atoms with Crippen LogP contribution < -0.4 is 5.32 Å². The quantitative estimate of drug-likeness (QED) is 0.226. The van der Waals surface area contributed by atoms with Gasteiger partial charge in [-0.2, -0.15) is 5.26 Å². The van der Waals surface area contributed by atoms with Crippen LogP contribution in [-0.4, -0.2) is 69.3 Å². The molecule has 2 aliphatic heterocycles. The van der Waals surface area contributed by atoms with Crippen LogP contribution in [0.1, 0.15) is 63.9 Å². The molecule has 1 fully saturated rings. The summed E-state index contributed by atoms with van der Waals surface area (Å²) in [6.45, 7) is 11.6. The summed E-state index contributed by atoms with van der Waals surface area (Å²) in [5.74, 6) is -1.86. The molecule has 0 aliphatic carbocycles. The summed E-state index contributed by atoms with van der Waals surface area (Å²) < 4.78 is 44.5. The van der Waals surface area contributed by atoms with Crippen LogP contribution in [-0.2, 0) is 16.0 Å². The number of nitrogens with one attached hydrogen (secondary N) is 1. The van der Waals surface area contributed by atoms with E-state index < -0.39 is 40.9 Å². The number of hydrogen-bond donors (Lipinski definition) is 1. The molecule has 0 spiro atoms. The summed E-state index contributed by atoms with van der Waals surface area (Å²) in [5.41, 5.74) is -0.867. The van der Waals surface area contributed by atoms with Crippen molar-refractivity contribution < 1.29 is 32.6 Å². The predicted molar refractivity (Wildman–Crippen MR) is 180 cm³/mol. The molecule has 0 radical (unpaired) electrons. The van der Waals surface area contributed by atoms with Crippen LogP contribution in [0.25, 0.3) is 32.1 Å². The Balaban J connectivity index is 1.45. The molecule has 3 amide bonds. The number of carbonyl (C=O) groups is 3. The second-order valence-electron chi connectivity index (χ2n) is 13.9. The fourth-order valence-corrected chi connectivity index (χ4v) is 7.68. The molecule has 1 atom stereocenters. The summed E-state index contributed by atoms with van der Waals surface area (Å²) in [5, 5.41) is 13.3. The molecular formula is C34H34ClF2N5O5S. The van der Waals surface area contributed by atoms with Gasteiger partial charge in [-0.25, -0.2) is 18.4 Å². The van der Waals surface area contributed by atoms with Gasteiger partial charge >= 0.3 is 12.2 Å². The normalized spacial score (nSPS) is 16.8. The summed E-state index contributed by atoms with van der Waals surface area (Å²) in [7, 11) is 0. The first-order chi connectivity index (χ1) is 22.5. The van der Waals surface area contributed by atoms with E-state index in [-0.39, 0.29) is 73.4 Å². The number of amides is 3. The summed E-state index contributed by atoms with van der Waals surface area (Å²) in [6.07, 6.45) is 0.828. The van der Waals surface area contributed by atoms with Crippen molar-refractivity contribution in [2.45, 2.75) is 71.8 Å². The number of hydrogen-bond acceptors (Lipinski definition) is 7. The molecule has 0 bridgehead atoms. The van der Waals surface area contributed by atoms with E-state index in [0.29, 0.717) is 18.5 Å². The summed E-state index contributed by atoms with van der Waals surface area (Å²) in [6, 6.07) is 5.39. The molecule has 2 aromatic carbocycles. The predicted octanol–water partition coefficient (Wildman–Crippen LogP) is 8.14. The maximum absolute atomic E-state index is 16.5. The van der Waals surface area contributed by atoms with Gasteiger partial charge in [-0.1, -0.05) is 17.7 Å². The lowest BCUT2D eigenvalue weighted by Gasteiger charge is -2.42. The zero-order valence-corrected chi connectivity index (χ0v) is 28.9. The Labute approximate surface area is 284 Å². The zero-order valence-electron chi connectivity index (χ0n) is 27.3. The van der Waals surface area contributed by atoms with Crippen LogP contribution in [0.15, 0.2) is 24.4 Å². The monoisotopic (exact) mass is 697 g/mol. The Bertz CT molecular complexity index is 2060. The second-order valence-corrected chi connectivity index (χ2v) is 15.3. The van der Waals surface area contributed by atoms with E-state index in [1.54, 1.807) is 62.1 Å². The summed E-state index contributed by atoms with van der Waals surface area (Å²) in [4.78, 5) is 42.8. The van der Waals surface area contributed by atoms with Crippen molar-refractivity contribution in [1.29, 1.82) is 5.26 Å². The zero-order chi connectivity index (χ0) is 34.9. The molecule has 1 unspecified atom stereocenters. The number of halogens is 3. The Hall–Kier alpha value is -4.41. The number of carbonyl (C=O) groups excluding carboxylic acids is 3. The number of aromatic nitrogens is 1. The highest BCUT2D eigenvalue weighted by molar-refractivity contribution is 7.23. The van der Waals surface area contributed by atoms with E-state index >= 15 is 8.78 Å². The molecule has 4 heterocycles. The van der Waals surface area contributed by atoms with Gasteiger partial charge in [0.2, 0.25) is 0 Å². The number of fused-ring (bicyclic) bond motifs is 2. The van der Waals surface area contributed by atoms with Crippen molar-refractivity contribution in [2.24, 2.45) is 0 Å². The average molecular weight is 698 g/mol. The van der Waals surface area contributed by atoms with Gasteiger partial charge in [-0.05, 0) is 65.7 Å². The second kappa shape index (κ2) is 11.9. The molecule has 2 aromatic heterocycles. The minimum Gasteiger partial charge on any atom is -0.444 e. The van der Waals surface area contributed by atoms with Gasteiger partial charge < -0.3 is 23.8 Å². The molecule has 10 nitrogen and oxygen atoms in total. The topological polar surface area (TPSA) is 117 Å². The molecule has 1 saturated heterocycles. The summed E-state index contributed by atoms with van der Waals surface area (Å²) >= 11 is 7.65. The Morgan fingerprint density at radius 1 is 1.02 bits per heavy atom. The molecule has 48 heavy (non-hydrogen) atoms. The van der Waals surface area contributed by atoms with E-state index in [1.165, 1.54) is 12.1 Å². The fourth-order valence-electron chi connectivity index (χ4n) is 6.32. The number of aryl methyl sites for hydroxylation is 1. The molecular weight excluding hydrogens is 664 g/mol. The van der Waals surface area contributed by atoms with Crippen molar-refractivity contribution in [2.75, 3.05) is 25.0 Å². The fraction of sp³-hybridized carbons (Fsp3) is 0.412. The van der Waals surface area contributed by atoms with E-state index in [1.807, 2.05) is 6.07 Å². The van der Waals surface area contributed by atoms with Crippen molar-refractivity contribution in [1.82, 2.24) is 14.4 Å². The lowest BCUT2D eigenvalue weighted by molar-refractivity contribution is 0.00286. The van der Waals surface area contributed by atoms with Crippen LogP contribution in [0.5, 0.6) is 0 Å². The number of nitrogens with zero attached hydrogens (tertiary/aromatic N) is 4. The van der Waals surface area contributed by atoms with Gasteiger partial charge in [0.15, 0.2) is 0 Å². The van der Waals surface area contributed by atoms with Gasteiger partial charge in [-0.15, -0.1) is 11.3 Å². The lowest BCUT2D eigenvalue weighted by Crippen LogP contribution is -2.57. The Morgan fingerprint density at radius 3 is 2.40 bits per heavy atom. The maximum Gasteiger partial charge on any atom is 0.412 e. The van der Waals surface area contributed by atoms with Crippen LogP contribution >= 0.6 is 22.9 Å². The number of ether oxygens (including phenoxy) is 2. The number of nitriles is 1. The first-order valence-corrected chi connectivity index (χ1v) is 16.6. The largest absolute Gasteiger partial charge is 0.444 e. The molecule has 2 aliphatic rings. The Morgan fingerprint density at radius 2 is 1.73 bits per heavy atom. The van der Waals surface area contributed by atoms with E-state index in [4.69, 9.17) is 21.1 Å². The standard InChI is InChI=1S/C34H34ClF2N5O5S/c1-33(2,3)46-31(44)39-29-20(14-38)24-18(7-8-22(36)28(24)48-29)25-23(37)13-19-27-26(25)21(35)16-40(27)10-9-17-15-41(11-12-42(17)30(19)43)32(45)47-34(4,5)6/h7-8,13,16-17H,9-12,15H2,1-6H3,(H,39,44). The third-order valence-electron chi connectivity index (χ3n) is 8.16. The Kier molecular flexibility index (Phi) is 8.32. The smallest absolute Gasteiger partial charge is 0.412 e. The molecule has 4 aromatic rings. The molecule has 252 valence electrons. The van der Waals surface area contributed by atoms with Gasteiger partial charge in [0.05, 0.1) is 32.4 Å². The van der Waals surface area contributed by atoms with Crippen molar-refractivity contribution in [3.05, 3.63) is 52.2 Å². The third-order valence-corrected chi connectivity index (χ3v) is 9.56. The van der Waals surface area contributed by atoms with Crippen molar-refractivity contribution >= 4 is 67.0 Å². The van der Waals surface area contributed by atoms with Crippen LogP contribution in [0, 0.1) is 23.0 Å². The number of benzene rings is 2. The minimum atomic E-state index is -0.830. The maximum atomic E-state index is 16.5. The molecule has 0 saturated carbocycles. The van der Waals surface area contributed by atoms with Gasteiger partial charge in [0, 0.05) is 48.7 Å². The highest BCUT2D eigenvalue weighted by atomic mass is 35.5. The van der Waals surface area contributed by atoms with E-state index in [0.717, 1.165) is 17.4 Å².